The molecule has 0 spiro atoms. The largest absolute Gasteiger partial charge is 0.356 e. The SMILES string of the molecule is O=C(NC1CC1)[C@@H](c1ccccc1)N1CCCc2ccccc21. The molecule has 1 fully saturated rings. The van der Waals surface area contributed by atoms with Gasteiger partial charge in [-0.2, -0.15) is 0 Å². The zero-order chi connectivity index (χ0) is 15.6. The molecule has 1 aliphatic carbocycles. The zero-order valence-electron chi connectivity index (χ0n) is 13.2. The van der Waals surface area contributed by atoms with E-state index in [-0.39, 0.29) is 11.9 Å². The third-order valence-corrected chi connectivity index (χ3v) is 4.75. The maximum absolute atomic E-state index is 13.0. The fourth-order valence-corrected chi connectivity index (χ4v) is 3.45. The Balaban J connectivity index is 1.72. The van der Waals surface area contributed by atoms with E-state index in [0.29, 0.717) is 6.04 Å². The minimum absolute atomic E-state index is 0.135. The maximum atomic E-state index is 13.0. The third kappa shape index (κ3) is 2.96. The molecular formula is C20H22N2O. The number of hydrogen-bond donors (Lipinski definition) is 1. The Morgan fingerprint density at radius 1 is 1.04 bits per heavy atom. The molecule has 1 N–H and O–H groups in total. The number of carbonyl (C=O) groups is 1. The lowest BCUT2D eigenvalue weighted by atomic mass is 9.96. The van der Waals surface area contributed by atoms with Gasteiger partial charge in [-0.05, 0) is 42.9 Å². The molecule has 0 bridgehead atoms. The molecular weight excluding hydrogens is 284 g/mol. The molecule has 1 atom stereocenters. The van der Waals surface area contributed by atoms with Crippen LogP contribution in [-0.2, 0) is 11.2 Å². The topological polar surface area (TPSA) is 32.3 Å². The van der Waals surface area contributed by atoms with Crippen LogP contribution in [0.1, 0.15) is 36.4 Å². The Labute approximate surface area is 137 Å². The van der Waals surface area contributed by atoms with Crippen molar-refractivity contribution in [3.63, 3.8) is 0 Å². The molecule has 0 aromatic heterocycles. The summed E-state index contributed by atoms with van der Waals surface area (Å²) >= 11 is 0. The molecule has 2 aromatic rings. The van der Waals surface area contributed by atoms with Crippen molar-refractivity contribution in [2.24, 2.45) is 0 Å². The van der Waals surface area contributed by atoms with Gasteiger partial charge in [-0.3, -0.25) is 4.79 Å². The first-order chi connectivity index (χ1) is 11.3. The van der Waals surface area contributed by atoms with Gasteiger partial charge in [0.25, 0.3) is 0 Å². The van der Waals surface area contributed by atoms with Crippen LogP contribution < -0.4 is 10.2 Å². The summed E-state index contributed by atoms with van der Waals surface area (Å²) in [4.78, 5) is 15.2. The van der Waals surface area contributed by atoms with Gasteiger partial charge in [0.05, 0.1) is 0 Å². The predicted molar refractivity (Wildman–Crippen MR) is 92.5 cm³/mol. The van der Waals surface area contributed by atoms with Crippen LogP contribution >= 0.6 is 0 Å². The van der Waals surface area contributed by atoms with Crippen LogP contribution in [0.4, 0.5) is 5.69 Å². The van der Waals surface area contributed by atoms with Gasteiger partial charge in [-0.15, -0.1) is 0 Å². The van der Waals surface area contributed by atoms with Crippen LogP contribution in [0, 0.1) is 0 Å². The van der Waals surface area contributed by atoms with Crippen LogP contribution in [0.2, 0.25) is 0 Å². The molecule has 23 heavy (non-hydrogen) atoms. The molecule has 0 unspecified atom stereocenters. The summed E-state index contributed by atoms with van der Waals surface area (Å²) in [6.45, 7) is 0.925. The third-order valence-electron chi connectivity index (χ3n) is 4.75. The number of hydrogen-bond acceptors (Lipinski definition) is 2. The molecule has 2 aliphatic rings. The van der Waals surface area contributed by atoms with Gasteiger partial charge in [-0.1, -0.05) is 48.5 Å². The summed E-state index contributed by atoms with van der Waals surface area (Å²) < 4.78 is 0. The van der Waals surface area contributed by atoms with Crippen molar-refractivity contribution in [2.75, 3.05) is 11.4 Å². The van der Waals surface area contributed by atoms with E-state index in [1.165, 1.54) is 11.3 Å². The Hall–Kier alpha value is -2.29. The smallest absolute Gasteiger partial charge is 0.247 e. The number of nitrogens with one attached hydrogen (secondary N) is 1. The number of nitrogens with zero attached hydrogens (tertiary/aromatic N) is 1. The Bertz CT molecular complexity index is 694. The van der Waals surface area contributed by atoms with E-state index in [1.54, 1.807) is 0 Å². The molecule has 0 radical (unpaired) electrons. The number of fused-ring (bicyclic) bond motifs is 1. The summed E-state index contributed by atoms with van der Waals surface area (Å²) in [5.41, 5.74) is 3.62. The fourth-order valence-electron chi connectivity index (χ4n) is 3.45. The van der Waals surface area contributed by atoms with Crippen molar-refractivity contribution < 1.29 is 4.79 Å². The number of rotatable bonds is 4. The first-order valence-electron chi connectivity index (χ1n) is 8.53. The highest BCUT2D eigenvalue weighted by Gasteiger charge is 2.33. The average Bonchev–Trinajstić information content (AvgIpc) is 3.40. The molecule has 1 heterocycles. The zero-order valence-corrected chi connectivity index (χ0v) is 13.2. The lowest BCUT2D eigenvalue weighted by Gasteiger charge is -2.37. The van der Waals surface area contributed by atoms with Crippen LogP contribution in [-0.4, -0.2) is 18.5 Å². The van der Waals surface area contributed by atoms with E-state index >= 15 is 0 Å². The highest BCUT2D eigenvalue weighted by Crippen LogP contribution is 2.34. The number of carbonyl (C=O) groups excluding carboxylic acids is 1. The van der Waals surface area contributed by atoms with E-state index < -0.39 is 0 Å². The van der Waals surface area contributed by atoms with Crippen molar-refractivity contribution in [1.29, 1.82) is 0 Å². The summed E-state index contributed by atoms with van der Waals surface area (Å²) in [7, 11) is 0. The van der Waals surface area contributed by atoms with Crippen molar-refractivity contribution in [3.8, 4) is 0 Å². The van der Waals surface area contributed by atoms with Gasteiger partial charge >= 0.3 is 0 Å². The van der Waals surface area contributed by atoms with E-state index in [2.05, 4.69) is 46.6 Å². The van der Waals surface area contributed by atoms with Gasteiger partial charge in [-0.25, -0.2) is 0 Å². The molecule has 1 aliphatic heterocycles. The van der Waals surface area contributed by atoms with E-state index in [0.717, 1.165) is 37.8 Å². The average molecular weight is 306 g/mol. The second-order valence-electron chi connectivity index (χ2n) is 6.52. The predicted octanol–water partition coefficient (Wildman–Crippen LogP) is 3.46. The molecule has 1 amide bonds. The van der Waals surface area contributed by atoms with Crippen molar-refractivity contribution in [1.82, 2.24) is 5.32 Å². The number of amides is 1. The molecule has 4 rings (SSSR count). The maximum Gasteiger partial charge on any atom is 0.247 e. The van der Waals surface area contributed by atoms with Gasteiger partial charge in [0.15, 0.2) is 0 Å². The Kier molecular flexibility index (Phi) is 3.78. The van der Waals surface area contributed by atoms with Crippen molar-refractivity contribution in [2.45, 2.75) is 37.8 Å². The summed E-state index contributed by atoms with van der Waals surface area (Å²) in [6, 6.07) is 18.8. The highest BCUT2D eigenvalue weighted by atomic mass is 16.2. The second kappa shape index (κ2) is 6.07. The number of aryl methyl sites for hydroxylation is 1. The second-order valence-corrected chi connectivity index (χ2v) is 6.52. The normalized spacial score (nSPS) is 18.2. The molecule has 118 valence electrons. The summed E-state index contributed by atoms with van der Waals surface area (Å²) in [5, 5.41) is 3.20. The number of para-hydroxylation sites is 1. The lowest BCUT2D eigenvalue weighted by molar-refractivity contribution is -0.122. The molecule has 1 saturated carbocycles. The molecule has 3 heteroatoms. The van der Waals surface area contributed by atoms with Gasteiger partial charge < -0.3 is 10.2 Å². The lowest BCUT2D eigenvalue weighted by Crippen LogP contribution is -2.43. The van der Waals surface area contributed by atoms with E-state index in [9.17, 15) is 4.79 Å². The monoisotopic (exact) mass is 306 g/mol. The fraction of sp³-hybridized carbons (Fsp3) is 0.350. The van der Waals surface area contributed by atoms with Gasteiger partial charge in [0, 0.05) is 18.3 Å². The Morgan fingerprint density at radius 3 is 2.57 bits per heavy atom. The quantitative estimate of drug-likeness (QED) is 0.938. The Morgan fingerprint density at radius 2 is 1.78 bits per heavy atom. The van der Waals surface area contributed by atoms with Crippen LogP contribution in [0.15, 0.2) is 54.6 Å². The van der Waals surface area contributed by atoms with Crippen LogP contribution in [0.5, 0.6) is 0 Å². The number of anilines is 1. The standard InChI is InChI=1S/C20H22N2O/c23-20(21-17-12-13-17)19(16-8-2-1-3-9-16)22-14-6-10-15-7-4-5-11-18(15)22/h1-5,7-9,11,17,19H,6,10,12-14H2,(H,21,23)/t19-/m1/s1. The van der Waals surface area contributed by atoms with Crippen LogP contribution in [0.25, 0.3) is 0 Å². The summed E-state index contributed by atoms with van der Waals surface area (Å²) in [6.07, 6.45) is 4.42. The molecule has 0 saturated heterocycles. The van der Waals surface area contributed by atoms with Crippen molar-refractivity contribution in [3.05, 3.63) is 65.7 Å². The first-order valence-corrected chi connectivity index (χ1v) is 8.53. The minimum atomic E-state index is -0.238. The number of benzene rings is 2. The van der Waals surface area contributed by atoms with Crippen LogP contribution in [0.3, 0.4) is 0 Å². The van der Waals surface area contributed by atoms with E-state index in [1.807, 2.05) is 18.2 Å². The summed E-state index contributed by atoms with van der Waals surface area (Å²) in [5.74, 6) is 0.135. The molecule has 2 aromatic carbocycles. The molecule has 3 nitrogen and oxygen atoms in total. The van der Waals surface area contributed by atoms with E-state index in [4.69, 9.17) is 0 Å². The van der Waals surface area contributed by atoms with Gasteiger partial charge in [0.2, 0.25) is 5.91 Å². The van der Waals surface area contributed by atoms with Gasteiger partial charge in [0.1, 0.15) is 6.04 Å². The highest BCUT2D eigenvalue weighted by molar-refractivity contribution is 5.87. The first kappa shape index (κ1) is 14.3. The van der Waals surface area contributed by atoms with Crippen molar-refractivity contribution >= 4 is 11.6 Å². The minimum Gasteiger partial charge on any atom is -0.356 e.